The second kappa shape index (κ2) is 8.51. The van der Waals surface area contributed by atoms with Crippen molar-refractivity contribution in [3.8, 4) is 11.3 Å². The molecule has 1 aromatic heterocycles. The monoisotopic (exact) mass is 462 g/mol. The number of sulfonamides is 1. The zero-order valence-electron chi connectivity index (χ0n) is 17.2. The highest BCUT2D eigenvalue weighted by molar-refractivity contribution is 7.89. The maximum Gasteiger partial charge on any atom is 0.416 e. The molecular weight excluding hydrogens is 441 g/mol. The summed E-state index contributed by atoms with van der Waals surface area (Å²) in [6.45, 7) is 3.20. The molecule has 2 heterocycles. The molecule has 0 unspecified atom stereocenters. The number of aryl methyl sites for hydroxylation is 1. The van der Waals surface area contributed by atoms with E-state index in [1.54, 1.807) is 0 Å². The lowest BCUT2D eigenvalue weighted by Gasteiger charge is -2.34. The summed E-state index contributed by atoms with van der Waals surface area (Å²) >= 11 is 0. The van der Waals surface area contributed by atoms with Crippen LogP contribution in [-0.4, -0.2) is 49.1 Å². The average molecular weight is 462 g/mol. The number of alkyl halides is 3. The number of anilines is 1. The van der Waals surface area contributed by atoms with E-state index in [1.165, 1.54) is 4.31 Å². The van der Waals surface area contributed by atoms with Crippen LogP contribution < -0.4 is 4.90 Å². The van der Waals surface area contributed by atoms with Crippen LogP contribution in [0.25, 0.3) is 11.3 Å². The fourth-order valence-corrected chi connectivity index (χ4v) is 5.04. The minimum atomic E-state index is -4.51. The lowest BCUT2D eigenvalue weighted by Crippen LogP contribution is -2.49. The molecule has 2 aromatic carbocycles. The molecule has 10 heteroatoms. The summed E-state index contributed by atoms with van der Waals surface area (Å²) in [5.74, 6) is 0.647. The first-order valence-corrected chi connectivity index (χ1v) is 11.4. The second-order valence-electron chi connectivity index (χ2n) is 7.50. The van der Waals surface area contributed by atoms with Crippen LogP contribution >= 0.6 is 0 Å². The summed E-state index contributed by atoms with van der Waals surface area (Å²) in [7, 11) is -3.87. The quantitative estimate of drug-likeness (QED) is 0.587. The number of rotatable bonds is 4. The number of nitrogens with zero attached hydrogens (tertiary/aromatic N) is 4. The van der Waals surface area contributed by atoms with Gasteiger partial charge in [0.1, 0.15) is 0 Å². The Hall–Kier alpha value is -2.98. The summed E-state index contributed by atoms with van der Waals surface area (Å²) in [5.41, 5.74) is 1.97. The molecule has 32 heavy (non-hydrogen) atoms. The highest BCUT2D eigenvalue weighted by Crippen LogP contribution is 2.30. The third-order valence-corrected chi connectivity index (χ3v) is 7.37. The van der Waals surface area contributed by atoms with Crippen molar-refractivity contribution in [2.24, 2.45) is 0 Å². The minimum Gasteiger partial charge on any atom is -0.352 e. The van der Waals surface area contributed by atoms with Crippen molar-refractivity contribution in [2.75, 3.05) is 31.1 Å². The molecular formula is C22H21F3N4O2S. The van der Waals surface area contributed by atoms with E-state index in [0.717, 1.165) is 41.1 Å². The fraction of sp³-hybridized carbons (Fsp3) is 0.273. The molecule has 6 nitrogen and oxygen atoms in total. The Labute approximate surface area is 184 Å². The van der Waals surface area contributed by atoms with Gasteiger partial charge in [-0.1, -0.05) is 24.3 Å². The summed E-state index contributed by atoms with van der Waals surface area (Å²) < 4.78 is 65.1. The average Bonchev–Trinajstić information content (AvgIpc) is 2.79. The van der Waals surface area contributed by atoms with Crippen LogP contribution in [-0.2, 0) is 16.2 Å². The Bertz CT molecular complexity index is 1190. The lowest BCUT2D eigenvalue weighted by atomic mass is 10.1. The first-order valence-electron chi connectivity index (χ1n) is 9.98. The lowest BCUT2D eigenvalue weighted by molar-refractivity contribution is -0.137. The van der Waals surface area contributed by atoms with Crippen molar-refractivity contribution >= 4 is 15.8 Å². The third kappa shape index (κ3) is 4.46. The number of benzene rings is 2. The molecule has 0 spiro atoms. The van der Waals surface area contributed by atoms with Gasteiger partial charge in [0.15, 0.2) is 5.82 Å². The van der Waals surface area contributed by atoms with Gasteiger partial charge >= 0.3 is 6.18 Å². The van der Waals surface area contributed by atoms with E-state index in [1.807, 2.05) is 48.2 Å². The molecule has 4 rings (SSSR count). The maximum absolute atomic E-state index is 12.8. The predicted octanol–water partition coefficient (Wildman–Crippen LogP) is 3.98. The summed E-state index contributed by atoms with van der Waals surface area (Å²) in [5, 5.41) is 8.61. The van der Waals surface area contributed by atoms with Crippen LogP contribution in [0.15, 0.2) is 65.6 Å². The smallest absolute Gasteiger partial charge is 0.352 e. The van der Waals surface area contributed by atoms with E-state index in [9.17, 15) is 21.6 Å². The molecule has 1 aliphatic heterocycles. The van der Waals surface area contributed by atoms with Crippen molar-refractivity contribution in [3.63, 3.8) is 0 Å². The van der Waals surface area contributed by atoms with Gasteiger partial charge in [-0.3, -0.25) is 0 Å². The van der Waals surface area contributed by atoms with E-state index >= 15 is 0 Å². The van der Waals surface area contributed by atoms with Gasteiger partial charge in [0, 0.05) is 31.7 Å². The van der Waals surface area contributed by atoms with Gasteiger partial charge in [0.25, 0.3) is 0 Å². The highest BCUT2D eigenvalue weighted by atomic mass is 32.2. The number of aromatic nitrogens is 2. The molecule has 0 saturated carbocycles. The number of halogens is 3. The SMILES string of the molecule is Cc1ccccc1-c1ccc(N2CCN(S(=O)(=O)c3ccc(C(F)(F)F)cc3)CC2)nn1. The Morgan fingerprint density at radius 1 is 0.844 bits per heavy atom. The van der Waals surface area contributed by atoms with E-state index in [2.05, 4.69) is 10.2 Å². The number of piperazine rings is 1. The van der Waals surface area contributed by atoms with Gasteiger partial charge in [0.2, 0.25) is 10.0 Å². The topological polar surface area (TPSA) is 66.4 Å². The van der Waals surface area contributed by atoms with Gasteiger partial charge in [0.05, 0.1) is 16.2 Å². The highest BCUT2D eigenvalue weighted by Gasteiger charge is 2.32. The first kappa shape index (κ1) is 22.2. The van der Waals surface area contributed by atoms with Crippen molar-refractivity contribution in [2.45, 2.75) is 18.0 Å². The fourth-order valence-electron chi connectivity index (χ4n) is 3.62. The molecule has 168 valence electrons. The molecule has 0 aliphatic carbocycles. The molecule has 0 N–H and O–H groups in total. The van der Waals surface area contributed by atoms with E-state index in [4.69, 9.17) is 0 Å². The molecule has 0 bridgehead atoms. The molecule has 0 amide bonds. The van der Waals surface area contributed by atoms with Crippen LogP contribution in [0.4, 0.5) is 19.0 Å². The van der Waals surface area contributed by atoms with Gasteiger partial charge in [-0.2, -0.15) is 17.5 Å². The molecule has 0 atom stereocenters. The van der Waals surface area contributed by atoms with Crippen molar-refractivity contribution in [1.29, 1.82) is 0 Å². The summed E-state index contributed by atoms with van der Waals surface area (Å²) in [4.78, 5) is 1.79. The molecule has 3 aromatic rings. The van der Waals surface area contributed by atoms with Crippen molar-refractivity contribution in [3.05, 3.63) is 71.8 Å². The molecule has 1 aliphatic rings. The largest absolute Gasteiger partial charge is 0.416 e. The normalized spacial score (nSPS) is 15.7. The van der Waals surface area contributed by atoms with Gasteiger partial charge in [-0.15, -0.1) is 10.2 Å². The van der Waals surface area contributed by atoms with Crippen LogP contribution in [0, 0.1) is 6.92 Å². The van der Waals surface area contributed by atoms with E-state index in [0.29, 0.717) is 18.9 Å². The van der Waals surface area contributed by atoms with Crippen LogP contribution in [0.5, 0.6) is 0 Å². The zero-order chi connectivity index (χ0) is 22.9. The Kier molecular flexibility index (Phi) is 5.91. The number of hydrogen-bond donors (Lipinski definition) is 0. The van der Waals surface area contributed by atoms with Crippen LogP contribution in [0.3, 0.4) is 0 Å². The van der Waals surface area contributed by atoms with Crippen molar-refractivity contribution < 1.29 is 21.6 Å². The van der Waals surface area contributed by atoms with Gasteiger partial charge in [-0.25, -0.2) is 8.42 Å². The van der Waals surface area contributed by atoms with Gasteiger partial charge in [-0.05, 0) is 48.9 Å². The van der Waals surface area contributed by atoms with E-state index < -0.39 is 21.8 Å². The number of hydrogen-bond acceptors (Lipinski definition) is 5. The minimum absolute atomic E-state index is 0.152. The Balaban J connectivity index is 1.43. The summed E-state index contributed by atoms with van der Waals surface area (Å²) in [6, 6.07) is 15.2. The van der Waals surface area contributed by atoms with Crippen LogP contribution in [0.1, 0.15) is 11.1 Å². The van der Waals surface area contributed by atoms with Crippen LogP contribution in [0.2, 0.25) is 0 Å². The maximum atomic E-state index is 12.8. The standard InChI is InChI=1S/C22H21F3N4O2S/c1-16-4-2-3-5-19(16)20-10-11-21(27-26-20)28-12-14-29(15-13-28)32(30,31)18-8-6-17(7-9-18)22(23,24)25/h2-11H,12-15H2,1H3. The molecule has 1 fully saturated rings. The second-order valence-corrected chi connectivity index (χ2v) is 9.44. The summed E-state index contributed by atoms with van der Waals surface area (Å²) in [6.07, 6.45) is -4.51. The zero-order valence-corrected chi connectivity index (χ0v) is 18.1. The van der Waals surface area contributed by atoms with Gasteiger partial charge < -0.3 is 4.90 Å². The molecule has 1 saturated heterocycles. The first-order chi connectivity index (χ1) is 15.2. The van der Waals surface area contributed by atoms with E-state index in [-0.39, 0.29) is 18.0 Å². The third-order valence-electron chi connectivity index (χ3n) is 5.45. The Morgan fingerprint density at radius 3 is 2.06 bits per heavy atom. The molecule has 0 radical (unpaired) electrons. The Morgan fingerprint density at radius 2 is 1.50 bits per heavy atom. The predicted molar refractivity (Wildman–Crippen MR) is 115 cm³/mol. The van der Waals surface area contributed by atoms with Crippen molar-refractivity contribution in [1.82, 2.24) is 14.5 Å².